The highest BCUT2D eigenvalue weighted by Crippen LogP contribution is 2.34. The minimum absolute atomic E-state index is 0.150. The molecule has 3 aromatic rings. The van der Waals surface area contributed by atoms with Gasteiger partial charge in [-0.05, 0) is 36.4 Å². The van der Waals surface area contributed by atoms with Crippen LogP contribution in [0.3, 0.4) is 0 Å². The van der Waals surface area contributed by atoms with E-state index in [-0.39, 0.29) is 13.2 Å². The van der Waals surface area contributed by atoms with Gasteiger partial charge < -0.3 is 0 Å². The number of hydrogen-bond donors (Lipinski definition) is 0. The number of thiazole rings is 1. The molecule has 0 aliphatic carbocycles. The fraction of sp³-hybridized carbons (Fsp3) is 0.333. The summed E-state index contributed by atoms with van der Waals surface area (Å²) in [5.41, 5.74) is 1.04. The Hall–Kier alpha value is -2.62. The van der Waals surface area contributed by atoms with Gasteiger partial charge in [0.1, 0.15) is 0 Å². The van der Waals surface area contributed by atoms with Gasteiger partial charge in [0.25, 0.3) is 0 Å². The molecule has 154 valence electrons. The molecule has 5 rings (SSSR count). The van der Waals surface area contributed by atoms with Crippen molar-refractivity contribution in [3.05, 3.63) is 51.7 Å². The third-order valence-corrected chi connectivity index (χ3v) is 7.68. The summed E-state index contributed by atoms with van der Waals surface area (Å²) in [6.45, 7) is 1.84. The lowest BCUT2D eigenvalue weighted by molar-refractivity contribution is -0.144. The summed E-state index contributed by atoms with van der Waals surface area (Å²) >= 11 is 3.20. The van der Waals surface area contributed by atoms with Gasteiger partial charge in [0, 0.05) is 23.9 Å². The molecule has 0 unspecified atom stereocenters. The summed E-state index contributed by atoms with van der Waals surface area (Å²) < 4.78 is 1.20. The highest BCUT2D eigenvalue weighted by Gasteiger charge is 2.45. The lowest BCUT2D eigenvalue weighted by Gasteiger charge is -2.32. The lowest BCUT2D eigenvalue weighted by Crippen LogP contribution is -2.45. The first-order valence-electron chi connectivity index (χ1n) is 9.87. The Morgan fingerprint density at radius 2 is 1.73 bits per heavy atom. The number of imide groups is 2. The average Bonchev–Trinajstić information content (AvgIpc) is 3.47. The molecule has 2 fully saturated rings. The van der Waals surface area contributed by atoms with E-state index in [4.69, 9.17) is 4.98 Å². The average molecular weight is 441 g/mol. The Labute approximate surface area is 181 Å². The van der Waals surface area contributed by atoms with E-state index >= 15 is 0 Å². The molecule has 2 aromatic heterocycles. The highest BCUT2D eigenvalue weighted by molar-refractivity contribution is 7.18. The van der Waals surface area contributed by atoms with Crippen LogP contribution in [0.25, 0.3) is 10.2 Å². The van der Waals surface area contributed by atoms with E-state index in [9.17, 15) is 14.4 Å². The highest BCUT2D eigenvalue weighted by atomic mass is 32.1. The van der Waals surface area contributed by atoms with Crippen LogP contribution in [-0.4, -0.2) is 57.3 Å². The normalized spacial score (nSPS) is 18.9. The number of aromatic nitrogens is 1. The summed E-state index contributed by atoms with van der Waals surface area (Å²) in [5, 5.41) is 3.04. The van der Waals surface area contributed by atoms with Crippen molar-refractivity contribution >= 4 is 50.7 Å². The number of likely N-dealkylation sites (tertiary alicyclic amines) is 1. The zero-order valence-corrected chi connectivity index (χ0v) is 17.8. The Morgan fingerprint density at radius 1 is 0.967 bits per heavy atom. The van der Waals surface area contributed by atoms with Gasteiger partial charge in [0.15, 0.2) is 0 Å². The first-order chi connectivity index (χ1) is 14.6. The Bertz CT molecular complexity index is 1070. The molecule has 9 heteroatoms. The fourth-order valence-electron chi connectivity index (χ4n) is 3.96. The summed E-state index contributed by atoms with van der Waals surface area (Å²) in [7, 11) is 0. The number of rotatable bonds is 5. The monoisotopic (exact) mass is 440 g/mol. The summed E-state index contributed by atoms with van der Waals surface area (Å²) in [4.78, 5) is 47.2. The molecule has 4 amide bonds. The van der Waals surface area contributed by atoms with Crippen LogP contribution in [-0.2, 0) is 16.1 Å². The second kappa shape index (κ2) is 7.90. The van der Waals surface area contributed by atoms with Crippen molar-refractivity contribution in [1.29, 1.82) is 0 Å². The Balaban J connectivity index is 1.21. The molecular formula is C21H20N4O3S2. The number of hydrogen-bond acceptors (Lipinski definition) is 7. The Kier molecular flexibility index (Phi) is 5.10. The maximum absolute atomic E-state index is 12.7. The number of urea groups is 1. The van der Waals surface area contributed by atoms with E-state index in [1.54, 1.807) is 11.3 Å². The molecule has 0 atom stereocenters. The van der Waals surface area contributed by atoms with Crippen molar-refractivity contribution in [2.24, 2.45) is 0 Å². The SMILES string of the molecule is O=C1C(=O)N(CN2CCC(c3nc4ccccc4s3)CC2)C(=O)N1Cc1cccs1. The summed E-state index contributed by atoms with van der Waals surface area (Å²) in [6, 6.07) is 11.3. The quantitative estimate of drug-likeness (QED) is 0.449. The first-order valence-corrected chi connectivity index (χ1v) is 11.6. The number of thiophene rings is 1. The molecule has 30 heavy (non-hydrogen) atoms. The second-order valence-corrected chi connectivity index (χ2v) is 9.63. The van der Waals surface area contributed by atoms with Gasteiger partial charge in [-0.25, -0.2) is 14.7 Å². The lowest BCUT2D eigenvalue weighted by atomic mass is 9.98. The molecule has 0 radical (unpaired) electrons. The van der Waals surface area contributed by atoms with E-state index in [0.717, 1.165) is 51.1 Å². The first kappa shape index (κ1) is 19.3. The van der Waals surface area contributed by atoms with Gasteiger partial charge in [0.2, 0.25) is 0 Å². The van der Waals surface area contributed by atoms with Crippen molar-refractivity contribution < 1.29 is 14.4 Å². The van der Waals surface area contributed by atoms with E-state index in [0.29, 0.717) is 5.92 Å². The summed E-state index contributed by atoms with van der Waals surface area (Å²) in [5.74, 6) is -1.08. The van der Waals surface area contributed by atoms with Crippen LogP contribution in [0.2, 0.25) is 0 Å². The molecule has 0 bridgehead atoms. The van der Waals surface area contributed by atoms with Crippen molar-refractivity contribution in [3.63, 3.8) is 0 Å². The van der Waals surface area contributed by atoms with Gasteiger partial charge >= 0.3 is 17.8 Å². The van der Waals surface area contributed by atoms with E-state index in [1.165, 1.54) is 16.0 Å². The maximum Gasteiger partial charge on any atom is 0.335 e. The zero-order chi connectivity index (χ0) is 20.7. The number of amides is 4. The molecule has 0 spiro atoms. The molecule has 1 aromatic carbocycles. The van der Waals surface area contributed by atoms with Crippen molar-refractivity contribution in [3.8, 4) is 0 Å². The molecule has 2 aliphatic heterocycles. The minimum Gasteiger partial charge on any atom is -0.285 e. The maximum atomic E-state index is 12.7. The van der Waals surface area contributed by atoms with E-state index in [1.807, 2.05) is 35.7 Å². The molecular weight excluding hydrogens is 420 g/mol. The van der Waals surface area contributed by atoms with Gasteiger partial charge in [-0.1, -0.05) is 18.2 Å². The molecule has 4 heterocycles. The standard InChI is InChI=1S/C21H20N4O3S2/c26-19-20(27)25(21(28)24(19)12-15-4-3-11-29-15)13-23-9-7-14(8-10-23)18-22-16-5-1-2-6-17(16)30-18/h1-6,11,14H,7-10,12-13H2. The predicted octanol–water partition coefficient (Wildman–Crippen LogP) is 3.49. The molecule has 2 aliphatic rings. The van der Waals surface area contributed by atoms with Crippen LogP contribution in [0.15, 0.2) is 41.8 Å². The topological polar surface area (TPSA) is 73.8 Å². The van der Waals surface area contributed by atoms with Crippen LogP contribution >= 0.6 is 22.7 Å². The third-order valence-electron chi connectivity index (χ3n) is 5.62. The van der Waals surface area contributed by atoms with Gasteiger partial charge in [-0.2, -0.15) is 0 Å². The van der Waals surface area contributed by atoms with Crippen LogP contribution in [0, 0.1) is 0 Å². The number of nitrogens with zero attached hydrogens (tertiary/aromatic N) is 4. The smallest absolute Gasteiger partial charge is 0.285 e. The van der Waals surface area contributed by atoms with E-state index in [2.05, 4.69) is 11.0 Å². The van der Waals surface area contributed by atoms with Crippen LogP contribution in [0.5, 0.6) is 0 Å². The fourth-order valence-corrected chi connectivity index (χ4v) is 5.79. The molecule has 7 nitrogen and oxygen atoms in total. The van der Waals surface area contributed by atoms with Crippen molar-refractivity contribution in [2.75, 3.05) is 19.8 Å². The number of piperidine rings is 1. The molecule has 2 saturated heterocycles. The number of benzene rings is 1. The minimum atomic E-state index is -0.738. The zero-order valence-electron chi connectivity index (χ0n) is 16.2. The number of para-hydroxylation sites is 1. The van der Waals surface area contributed by atoms with Crippen molar-refractivity contribution in [1.82, 2.24) is 19.7 Å². The van der Waals surface area contributed by atoms with Crippen molar-refractivity contribution in [2.45, 2.75) is 25.3 Å². The molecule has 0 N–H and O–H groups in total. The number of carbonyl (C=O) groups is 3. The van der Waals surface area contributed by atoms with Gasteiger partial charge in [-0.3, -0.25) is 19.4 Å². The second-order valence-electron chi connectivity index (χ2n) is 7.54. The molecule has 0 saturated carbocycles. The predicted molar refractivity (Wildman–Crippen MR) is 115 cm³/mol. The van der Waals surface area contributed by atoms with Crippen LogP contribution in [0.4, 0.5) is 4.79 Å². The van der Waals surface area contributed by atoms with Gasteiger partial charge in [-0.15, -0.1) is 22.7 Å². The Morgan fingerprint density at radius 3 is 2.47 bits per heavy atom. The van der Waals surface area contributed by atoms with Crippen LogP contribution < -0.4 is 0 Å². The number of carbonyl (C=O) groups excluding carboxylic acids is 3. The van der Waals surface area contributed by atoms with Crippen LogP contribution in [0.1, 0.15) is 28.6 Å². The summed E-state index contributed by atoms with van der Waals surface area (Å²) in [6.07, 6.45) is 1.84. The van der Waals surface area contributed by atoms with E-state index < -0.39 is 17.8 Å². The number of fused-ring (bicyclic) bond motifs is 1. The largest absolute Gasteiger partial charge is 0.335 e. The third kappa shape index (κ3) is 3.53. The van der Waals surface area contributed by atoms with Gasteiger partial charge in [0.05, 0.1) is 28.4 Å².